The summed E-state index contributed by atoms with van der Waals surface area (Å²) in [5.41, 5.74) is 2.81. The molecule has 0 aliphatic heterocycles. The van der Waals surface area contributed by atoms with Gasteiger partial charge < -0.3 is 10.1 Å². The second kappa shape index (κ2) is 6.74. The molecule has 0 atom stereocenters. The smallest absolute Gasteiger partial charge is 0.308 e. The van der Waals surface area contributed by atoms with Crippen LogP contribution in [0.3, 0.4) is 0 Å². The van der Waals surface area contributed by atoms with Gasteiger partial charge in [-0.25, -0.2) is 0 Å². The molecular weight excluding hydrogens is 266 g/mol. The van der Waals surface area contributed by atoms with Gasteiger partial charge in [-0.2, -0.15) is 0 Å². The Bertz CT molecular complexity index is 531. The van der Waals surface area contributed by atoms with Crippen molar-refractivity contribution in [1.82, 2.24) is 5.32 Å². The van der Waals surface area contributed by atoms with Gasteiger partial charge in [-0.15, -0.1) is 0 Å². The fourth-order valence-electron chi connectivity index (χ4n) is 2.88. The number of benzene rings is 1. The molecule has 0 heterocycles. The highest BCUT2D eigenvalue weighted by Crippen LogP contribution is 2.25. The van der Waals surface area contributed by atoms with E-state index in [1.807, 2.05) is 32.0 Å². The molecule has 0 unspecified atom stereocenters. The average molecular weight is 289 g/mol. The average Bonchev–Trinajstić information content (AvgIpc) is 2.49. The fourth-order valence-corrected chi connectivity index (χ4v) is 2.88. The topological polar surface area (TPSA) is 55.4 Å². The minimum absolute atomic E-state index is 0.0103. The van der Waals surface area contributed by atoms with Crippen LogP contribution < -0.4 is 5.32 Å². The van der Waals surface area contributed by atoms with E-state index in [0.717, 1.165) is 42.4 Å². The lowest BCUT2D eigenvalue weighted by Gasteiger charge is -2.27. The van der Waals surface area contributed by atoms with Crippen molar-refractivity contribution in [2.24, 2.45) is 5.92 Å². The Morgan fingerprint density at radius 3 is 2.43 bits per heavy atom. The predicted octanol–water partition coefficient (Wildman–Crippen LogP) is 2.77. The summed E-state index contributed by atoms with van der Waals surface area (Å²) in [5.74, 6) is -0.157. The van der Waals surface area contributed by atoms with E-state index >= 15 is 0 Å². The Morgan fingerprint density at radius 2 is 1.81 bits per heavy atom. The van der Waals surface area contributed by atoms with E-state index in [-0.39, 0.29) is 23.8 Å². The molecule has 0 aromatic heterocycles. The van der Waals surface area contributed by atoms with Crippen LogP contribution in [-0.2, 0) is 9.53 Å². The minimum Gasteiger partial charge on any atom is -0.469 e. The molecule has 0 saturated heterocycles. The van der Waals surface area contributed by atoms with Gasteiger partial charge in [0, 0.05) is 11.6 Å². The highest BCUT2D eigenvalue weighted by atomic mass is 16.5. The molecule has 1 N–H and O–H groups in total. The molecule has 1 aliphatic carbocycles. The molecule has 1 aromatic rings. The molecule has 2 rings (SSSR count). The zero-order valence-corrected chi connectivity index (χ0v) is 12.9. The van der Waals surface area contributed by atoms with Crippen molar-refractivity contribution in [2.75, 3.05) is 7.11 Å². The molecule has 4 heteroatoms. The van der Waals surface area contributed by atoms with E-state index in [9.17, 15) is 9.59 Å². The van der Waals surface area contributed by atoms with Gasteiger partial charge in [0.25, 0.3) is 5.91 Å². The number of amides is 1. The van der Waals surface area contributed by atoms with Gasteiger partial charge in [0.05, 0.1) is 13.0 Å². The highest BCUT2D eigenvalue weighted by Gasteiger charge is 2.27. The number of esters is 1. The van der Waals surface area contributed by atoms with E-state index in [0.29, 0.717) is 0 Å². The molecular formula is C17H23NO3. The number of carbonyl (C=O) groups excluding carboxylic acids is 2. The van der Waals surface area contributed by atoms with Crippen molar-refractivity contribution in [3.63, 3.8) is 0 Å². The molecule has 4 nitrogen and oxygen atoms in total. The van der Waals surface area contributed by atoms with Crippen molar-refractivity contribution in [2.45, 2.75) is 45.6 Å². The largest absolute Gasteiger partial charge is 0.469 e. The van der Waals surface area contributed by atoms with Crippen molar-refractivity contribution in [1.29, 1.82) is 0 Å². The lowest BCUT2D eigenvalue weighted by molar-refractivity contribution is -0.146. The molecule has 0 radical (unpaired) electrons. The summed E-state index contributed by atoms with van der Waals surface area (Å²) in [5, 5.41) is 3.09. The Balaban J connectivity index is 1.93. The first-order valence-corrected chi connectivity index (χ1v) is 7.47. The Hall–Kier alpha value is -1.84. The molecule has 0 bridgehead atoms. The summed E-state index contributed by atoms with van der Waals surface area (Å²) in [7, 11) is 1.43. The Kier molecular flexibility index (Phi) is 4.99. The van der Waals surface area contributed by atoms with E-state index in [2.05, 4.69) is 5.32 Å². The third kappa shape index (κ3) is 3.84. The standard InChI is InChI=1S/C17H23NO3/c1-11-4-5-12(2)15(10-11)16(19)18-14-8-6-13(7-9-14)17(20)21-3/h4-5,10,13-14H,6-9H2,1-3H3,(H,18,19). The van der Waals surface area contributed by atoms with Crippen molar-refractivity contribution in [3.05, 3.63) is 34.9 Å². The van der Waals surface area contributed by atoms with Gasteiger partial charge in [-0.05, 0) is 51.2 Å². The Labute approximate surface area is 125 Å². The maximum atomic E-state index is 12.4. The van der Waals surface area contributed by atoms with Crippen LogP contribution in [0.5, 0.6) is 0 Å². The first kappa shape index (κ1) is 15.5. The van der Waals surface area contributed by atoms with E-state index in [4.69, 9.17) is 4.74 Å². The number of hydrogen-bond acceptors (Lipinski definition) is 3. The van der Waals surface area contributed by atoms with Crippen LogP contribution in [0.25, 0.3) is 0 Å². The zero-order valence-electron chi connectivity index (χ0n) is 12.9. The van der Waals surface area contributed by atoms with Gasteiger partial charge in [-0.3, -0.25) is 9.59 Å². The monoisotopic (exact) mass is 289 g/mol. The van der Waals surface area contributed by atoms with Crippen LogP contribution in [0.2, 0.25) is 0 Å². The molecule has 1 fully saturated rings. The summed E-state index contributed by atoms with van der Waals surface area (Å²) in [6.45, 7) is 3.93. The van der Waals surface area contributed by atoms with Gasteiger partial charge in [0.2, 0.25) is 0 Å². The fraction of sp³-hybridized carbons (Fsp3) is 0.529. The molecule has 0 spiro atoms. The second-order valence-corrected chi connectivity index (χ2v) is 5.86. The number of rotatable bonds is 3. The number of hydrogen-bond donors (Lipinski definition) is 1. The molecule has 21 heavy (non-hydrogen) atoms. The quantitative estimate of drug-likeness (QED) is 0.871. The molecule has 1 saturated carbocycles. The van der Waals surface area contributed by atoms with Crippen molar-refractivity contribution < 1.29 is 14.3 Å². The SMILES string of the molecule is COC(=O)C1CCC(NC(=O)c2cc(C)ccc2C)CC1. The van der Waals surface area contributed by atoms with Crippen LogP contribution in [0.1, 0.15) is 47.2 Å². The number of nitrogens with one attached hydrogen (secondary N) is 1. The first-order chi connectivity index (χ1) is 10.0. The van der Waals surface area contributed by atoms with Gasteiger partial charge in [0.1, 0.15) is 0 Å². The predicted molar refractivity (Wildman–Crippen MR) is 81.1 cm³/mol. The summed E-state index contributed by atoms with van der Waals surface area (Å²) in [4.78, 5) is 23.8. The molecule has 1 aromatic carbocycles. The van der Waals surface area contributed by atoms with E-state index in [1.54, 1.807) is 0 Å². The molecule has 114 valence electrons. The third-order valence-corrected chi connectivity index (χ3v) is 4.23. The normalized spacial score (nSPS) is 21.7. The third-order valence-electron chi connectivity index (χ3n) is 4.23. The van der Waals surface area contributed by atoms with Crippen molar-refractivity contribution in [3.8, 4) is 0 Å². The number of ether oxygens (including phenoxy) is 1. The maximum absolute atomic E-state index is 12.4. The molecule has 1 amide bonds. The van der Waals surface area contributed by atoms with Crippen LogP contribution in [0.4, 0.5) is 0 Å². The van der Waals surface area contributed by atoms with Gasteiger partial charge >= 0.3 is 5.97 Å². The first-order valence-electron chi connectivity index (χ1n) is 7.47. The van der Waals surface area contributed by atoms with Gasteiger partial charge in [0.15, 0.2) is 0 Å². The lowest BCUT2D eigenvalue weighted by Crippen LogP contribution is -2.39. The maximum Gasteiger partial charge on any atom is 0.308 e. The van der Waals surface area contributed by atoms with E-state index in [1.165, 1.54) is 7.11 Å². The van der Waals surface area contributed by atoms with E-state index < -0.39 is 0 Å². The van der Waals surface area contributed by atoms with Gasteiger partial charge in [-0.1, -0.05) is 17.7 Å². The van der Waals surface area contributed by atoms with Crippen LogP contribution in [0.15, 0.2) is 18.2 Å². The number of methoxy groups -OCH3 is 1. The highest BCUT2D eigenvalue weighted by molar-refractivity contribution is 5.96. The summed E-state index contributed by atoms with van der Waals surface area (Å²) < 4.78 is 4.78. The van der Waals surface area contributed by atoms with Crippen LogP contribution in [-0.4, -0.2) is 25.0 Å². The van der Waals surface area contributed by atoms with Crippen LogP contribution >= 0.6 is 0 Å². The summed E-state index contributed by atoms with van der Waals surface area (Å²) >= 11 is 0. The minimum atomic E-state index is -0.130. The Morgan fingerprint density at radius 1 is 1.14 bits per heavy atom. The zero-order chi connectivity index (χ0) is 15.4. The number of carbonyl (C=O) groups is 2. The van der Waals surface area contributed by atoms with Crippen LogP contribution in [0, 0.1) is 19.8 Å². The molecule has 1 aliphatic rings. The summed E-state index contributed by atoms with van der Waals surface area (Å²) in [6.07, 6.45) is 3.22. The number of aryl methyl sites for hydroxylation is 2. The summed E-state index contributed by atoms with van der Waals surface area (Å²) in [6, 6.07) is 6.05. The lowest BCUT2D eigenvalue weighted by atomic mass is 9.86. The van der Waals surface area contributed by atoms with Crippen molar-refractivity contribution >= 4 is 11.9 Å². The second-order valence-electron chi connectivity index (χ2n) is 5.86.